The Labute approximate surface area is 120 Å². The van der Waals surface area contributed by atoms with Crippen molar-refractivity contribution in [3.05, 3.63) is 35.4 Å². The molecule has 0 aliphatic rings. The molecule has 2 rings (SSSR count). The monoisotopic (exact) mass is 297 g/mol. The Morgan fingerprint density at radius 3 is 2.75 bits per heavy atom. The molecule has 2 aromatic rings. The standard InChI is InChI=1S/C13H13ClFN3O2/c1-2-5-19-12-11(16)13(18-7-17-12)20-10-4-3-8(15)6-9(10)14/h3-4,6-7H,2,5,16H2,1H3. The number of hydrogen-bond donors (Lipinski definition) is 1. The van der Waals surface area contributed by atoms with Crippen LogP contribution in [0, 0.1) is 5.82 Å². The summed E-state index contributed by atoms with van der Waals surface area (Å²) in [5.41, 5.74) is 6.03. The Hall–Kier alpha value is -2.08. The van der Waals surface area contributed by atoms with E-state index in [0.29, 0.717) is 6.61 Å². The van der Waals surface area contributed by atoms with Gasteiger partial charge in [0.25, 0.3) is 0 Å². The molecule has 0 amide bonds. The average Bonchev–Trinajstić information content (AvgIpc) is 2.42. The highest BCUT2D eigenvalue weighted by atomic mass is 35.5. The summed E-state index contributed by atoms with van der Waals surface area (Å²) in [6.45, 7) is 2.45. The molecule has 0 saturated heterocycles. The van der Waals surface area contributed by atoms with E-state index in [2.05, 4.69) is 9.97 Å². The molecule has 0 saturated carbocycles. The first-order valence-corrected chi connectivity index (χ1v) is 6.35. The van der Waals surface area contributed by atoms with Crippen molar-refractivity contribution in [3.63, 3.8) is 0 Å². The number of hydrogen-bond acceptors (Lipinski definition) is 5. The van der Waals surface area contributed by atoms with Crippen LogP contribution in [0.15, 0.2) is 24.5 Å². The van der Waals surface area contributed by atoms with Crippen LogP contribution in [0.25, 0.3) is 0 Å². The summed E-state index contributed by atoms with van der Waals surface area (Å²) in [6, 6.07) is 3.77. The Balaban J connectivity index is 2.24. The lowest BCUT2D eigenvalue weighted by molar-refractivity contribution is 0.304. The van der Waals surface area contributed by atoms with E-state index < -0.39 is 5.82 Å². The van der Waals surface area contributed by atoms with E-state index in [0.717, 1.165) is 12.5 Å². The van der Waals surface area contributed by atoms with Gasteiger partial charge in [-0.25, -0.2) is 4.39 Å². The highest BCUT2D eigenvalue weighted by Crippen LogP contribution is 2.34. The van der Waals surface area contributed by atoms with Gasteiger partial charge in [0, 0.05) is 0 Å². The lowest BCUT2D eigenvalue weighted by atomic mass is 10.3. The maximum absolute atomic E-state index is 13.0. The Bertz CT molecular complexity index is 610. The number of nitrogen functional groups attached to an aromatic ring is 1. The van der Waals surface area contributed by atoms with Crippen LogP contribution in [0.3, 0.4) is 0 Å². The summed E-state index contributed by atoms with van der Waals surface area (Å²) in [6.07, 6.45) is 2.09. The molecule has 0 atom stereocenters. The van der Waals surface area contributed by atoms with Gasteiger partial charge in [-0.2, -0.15) is 9.97 Å². The van der Waals surface area contributed by atoms with Gasteiger partial charge in [-0.3, -0.25) is 0 Å². The van der Waals surface area contributed by atoms with Gasteiger partial charge in [-0.1, -0.05) is 18.5 Å². The highest BCUT2D eigenvalue weighted by Gasteiger charge is 2.13. The van der Waals surface area contributed by atoms with E-state index in [-0.39, 0.29) is 28.2 Å². The van der Waals surface area contributed by atoms with Gasteiger partial charge in [-0.15, -0.1) is 0 Å². The van der Waals surface area contributed by atoms with Crippen molar-refractivity contribution in [1.29, 1.82) is 0 Å². The van der Waals surface area contributed by atoms with Crippen molar-refractivity contribution in [3.8, 4) is 17.5 Å². The molecule has 0 bridgehead atoms. The summed E-state index contributed by atoms with van der Waals surface area (Å²) in [4.78, 5) is 7.84. The van der Waals surface area contributed by atoms with Crippen molar-refractivity contribution >= 4 is 17.3 Å². The fourth-order valence-corrected chi connectivity index (χ4v) is 1.63. The van der Waals surface area contributed by atoms with E-state index >= 15 is 0 Å². The predicted octanol–water partition coefficient (Wildman–Crippen LogP) is 3.43. The predicted molar refractivity (Wildman–Crippen MR) is 73.7 cm³/mol. The number of aromatic nitrogens is 2. The quantitative estimate of drug-likeness (QED) is 0.915. The van der Waals surface area contributed by atoms with Crippen LogP contribution in [0.1, 0.15) is 13.3 Å². The number of nitrogens with two attached hydrogens (primary N) is 1. The summed E-state index contributed by atoms with van der Waals surface area (Å²) < 4.78 is 23.8. The third-order valence-corrected chi connectivity index (χ3v) is 2.65. The molecule has 1 heterocycles. The molecule has 106 valence electrons. The minimum absolute atomic E-state index is 0.111. The van der Waals surface area contributed by atoms with Crippen LogP contribution in [0.2, 0.25) is 5.02 Å². The molecule has 20 heavy (non-hydrogen) atoms. The zero-order chi connectivity index (χ0) is 14.5. The summed E-state index contributed by atoms with van der Waals surface area (Å²) in [7, 11) is 0. The molecule has 0 radical (unpaired) electrons. The smallest absolute Gasteiger partial charge is 0.249 e. The SMILES string of the molecule is CCCOc1ncnc(Oc2ccc(F)cc2Cl)c1N. The van der Waals surface area contributed by atoms with E-state index in [1.807, 2.05) is 6.92 Å². The number of benzene rings is 1. The maximum Gasteiger partial charge on any atom is 0.249 e. The fraction of sp³-hybridized carbons (Fsp3) is 0.231. The van der Waals surface area contributed by atoms with E-state index in [9.17, 15) is 4.39 Å². The Kier molecular flexibility index (Phi) is 4.57. The van der Waals surface area contributed by atoms with Crippen LogP contribution in [-0.2, 0) is 0 Å². The van der Waals surface area contributed by atoms with Gasteiger partial charge in [-0.05, 0) is 24.6 Å². The number of halogens is 2. The van der Waals surface area contributed by atoms with Gasteiger partial charge >= 0.3 is 0 Å². The first-order valence-electron chi connectivity index (χ1n) is 5.98. The summed E-state index contributed by atoms with van der Waals surface area (Å²) in [5.74, 6) is 0.152. The number of ether oxygens (including phenoxy) is 2. The van der Waals surface area contributed by atoms with Gasteiger partial charge in [0.15, 0.2) is 5.69 Å². The topological polar surface area (TPSA) is 70.3 Å². The first kappa shape index (κ1) is 14.3. The fourth-order valence-electron chi connectivity index (χ4n) is 1.42. The van der Waals surface area contributed by atoms with Crippen molar-refractivity contribution in [1.82, 2.24) is 9.97 Å². The number of nitrogens with zero attached hydrogens (tertiary/aromatic N) is 2. The van der Waals surface area contributed by atoms with Crippen molar-refractivity contribution < 1.29 is 13.9 Å². The van der Waals surface area contributed by atoms with Crippen molar-refractivity contribution in [2.75, 3.05) is 12.3 Å². The maximum atomic E-state index is 13.0. The van der Waals surface area contributed by atoms with Crippen LogP contribution in [-0.4, -0.2) is 16.6 Å². The van der Waals surface area contributed by atoms with E-state index in [4.69, 9.17) is 26.8 Å². The largest absolute Gasteiger partial charge is 0.476 e. The van der Waals surface area contributed by atoms with Crippen LogP contribution < -0.4 is 15.2 Å². The summed E-state index contributed by atoms with van der Waals surface area (Å²) in [5, 5.41) is 0.124. The second kappa shape index (κ2) is 6.38. The number of anilines is 1. The molecule has 0 aliphatic heterocycles. The lowest BCUT2D eigenvalue weighted by Gasteiger charge is -2.11. The second-order valence-electron chi connectivity index (χ2n) is 3.92. The molecule has 1 aromatic heterocycles. The summed E-state index contributed by atoms with van der Waals surface area (Å²) >= 11 is 5.87. The third-order valence-electron chi connectivity index (χ3n) is 2.35. The third kappa shape index (κ3) is 3.27. The second-order valence-corrected chi connectivity index (χ2v) is 4.33. The van der Waals surface area contributed by atoms with Gasteiger partial charge in [0.1, 0.15) is 17.9 Å². The molecular weight excluding hydrogens is 285 g/mol. The Morgan fingerprint density at radius 1 is 1.30 bits per heavy atom. The molecule has 0 spiro atoms. The zero-order valence-electron chi connectivity index (χ0n) is 10.8. The van der Waals surface area contributed by atoms with Crippen LogP contribution >= 0.6 is 11.6 Å². The van der Waals surface area contributed by atoms with Gasteiger partial charge in [0.05, 0.1) is 11.6 Å². The Morgan fingerprint density at radius 2 is 2.05 bits per heavy atom. The average molecular weight is 298 g/mol. The minimum Gasteiger partial charge on any atom is -0.476 e. The van der Waals surface area contributed by atoms with E-state index in [1.54, 1.807) is 0 Å². The van der Waals surface area contributed by atoms with Crippen LogP contribution in [0.5, 0.6) is 17.5 Å². The van der Waals surface area contributed by atoms with Gasteiger partial charge < -0.3 is 15.2 Å². The molecule has 0 fully saturated rings. The van der Waals surface area contributed by atoms with Crippen molar-refractivity contribution in [2.24, 2.45) is 0 Å². The zero-order valence-corrected chi connectivity index (χ0v) is 11.5. The molecule has 0 aliphatic carbocycles. The molecule has 5 nitrogen and oxygen atoms in total. The normalized spacial score (nSPS) is 10.3. The van der Waals surface area contributed by atoms with Gasteiger partial charge in [0.2, 0.25) is 11.8 Å². The molecule has 2 N–H and O–H groups in total. The van der Waals surface area contributed by atoms with E-state index in [1.165, 1.54) is 18.5 Å². The molecular formula is C13H13ClFN3O2. The molecule has 0 unspecified atom stereocenters. The molecule has 1 aromatic carbocycles. The first-order chi connectivity index (χ1) is 9.61. The minimum atomic E-state index is -0.454. The number of rotatable bonds is 5. The van der Waals surface area contributed by atoms with Crippen LogP contribution in [0.4, 0.5) is 10.1 Å². The highest BCUT2D eigenvalue weighted by molar-refractivity contribution is 6.32. The lowest BCUT2D eigenvalue weighted by Crippen LogP contribution is -2.04. The van der Waals surface area contributed by atoms with Crippen molar-refractivity contribution in [2.45, 2.75) is 13.3 Å². The molecule has 7 heteroatoms.